The van der Waals surface area contributed by atoms with E-state index in [1.165, 1.54) is 13.0 Å². The summed E-state index contributed by atoms with van der Waals surface area (Å²) in [5.41, 5.74) is 0.873. The predicted molar refractivity (Wildman–Crippen MR) is 89.6 cm³/mol. The van der Waals surface area contributed by atoms with Gasteiger partial charge >= 0.3 is 0 Å². The predicted octanol–water partition coefficient (Wildman–Crippen LogP) is 3.42. The fourth-order valence-corrected chi connectivity index (χ4v) is 3.87. The molecule has 0 saturated carbocycles. The molecular formula is C18H19ClN2O2. The largest absolute Gasteiger partial charge is 0.451 e. The Morgan fingerprint density at radius 3 is 3.00 bits per heavy atom. The Morgan fingerprint density at radius 2 is 2.17 bits per heavy atom. The molecule has 5 heteroatoms. The van der Waals surface area contributed by atoms with E-state index in [-0.39, 0.29) is 11.9 Å². The third-order valence-corrected chi connectivity index (χ3v) is 4.98. The van der Waals surface area contributed by atoms with Gasteiger partial charge in [0.2, 0.25) is 0 Å². The van der Waals surface area contributed by atoms with Crippen molar-refractivity contribution in [3.8, 4) is 11.3 Å². The molecule has 2 aliphatic rings. The van der Waals surface area contributed by atoms with E-state index in [4.69, 9.17) is 16.0 Å². The Labute approximate surface area is 140 Å². The van der Waals surface area contributed by atoms with Gasteiger partial charge in [-0.15, -0.1) is 0 Å². The molecule has 4 nitrogen and oxygen atoms in total. The molecule has 1 N–H and O–H groups in total. The zero-order valence-corrected chi connectivity index (χ0v) is 13.6. The molecule has 2 aliphatic heterocycles. The number of hydrogen-bond acceptors (Lipinski definition) is 3. The highest BCUT2D eigenvalue weighted by Gasteiger charge is 2.33. The van der Waals surface area contributed by atoms with Gasteiger partial charge in [0.15, 0.2) is 5.76 Å². The van der Waals surface area contributed by atoms with Gasteiger partial charge < -0.3 is 14.6 Å². The smallest absolute Gasteiger partial charge is 0.287 e. The van der Waals surface area contributed by atoms with Crippen LogP contribution in [0.4, 0.5) is 0 Å². The molecule has 2 saturated heterocycles. The maximum Gasteiger partial charge on any atom is 0.287 e. The highest BCUT2D eigenvalue weighted by Crippen LogP contribution is 2.28. The second-order valence-corrected chi connectivity index (χ2v) is 6.93. The molecule has 3 heterocycles. The topological polar surface area (TPSA) is 45.5 Å². The lowest BCUT2D eigenvalue weighted by molar-refractivity contribution is 0.0882. The number of furan rings is 1. The number of halogens is 1. The maximum atomic E-state index is 12.4. The van der Waals surface area contributed by atoms with Crippen molar-refractivity contribution in [2.24, 2.45) is 5.92 Å². The molecular weight excluding hydrogens is 312 g/mol. The highest BCUT2D eigenvalue weighted by molar-refractivity contribution is 6.30. The van der Waals surface area contributed by atoms with Crippen molar-refractivity contribution < 1.29 is 9.21 Å². The molecule has 0 spiro atoms. The van der Waals surface area contributed by atoms with Crippen LogP contribution < -0.4 is 5.32 Å². The zero-order chi connectivity index (χ0) is 15.8. The van der Waals surface area contributed by atoms with Crippen molar-refractivity contribution in [3.05, 3.63) is 47.2 Å². The van der Waals surface area contributed by atoms with Gasteiger partial charge in [0.1, 0.15) is 5.76 Å². The number of carbonyl (C=O) groups excluding carboxylic acids is 1. The number of amides is 1. The van der Waals surface area contributed by atoms with E-state index in [0.29, 0.717) is 16.5 Å². The summed E-state index contributed by atoms with van der Waals surface area (Å²) in [7, 11) is 0. The van der Waals surface area contributed by atoms with Gasteiger partial charge in [0.05, 0.1) is 0 Å². The molecule has 1 unspecified atom stereocenters. The molecule has 1 aromatic heterocycles. The molecule has 0 aliphatic carbocycles. The Kier molecular flexibility index (Phi) is 3.87. The molecule has 23 heavy (non-hydrogen) atoms. The summed E-state index contributed by atoms with van der Waals surface area (Å²) in [6.45, 7) is 3.30. The summed E-state index contributed by atoms with van der Waals surface area (Å²) >= 11 is 6.00. The summed E-state index contributed by atoms with van der Waals surface area (Å²) in [4.78, 5) is 14.8. The van der Waals surface area contributed by atoms with Gasteiger partial charge in [-0.3, -0.25) is 4.79 Å². The monoisotopic (exact) mass is 330 g/mol. The van der Waals surface area contributed by atoms with Crippen molar-refractivity contribution in [2.75, 3.05) is 19.6 Å². The third kappa shape index (κ3) is 3.14. The first kappa shape index (κ1) is 14.8. The van der Waals surface area contributed by atoms with E-state index < -0.39 is 0 Å². The van der Waals surface area contributed by atoms with E-state index in [1.807, 2.05) is 30.3 Å². The van der Waals surface area contributed by atoms with Crippen molar-refractivity contribution >= 4 is 17.5 Å². The SMILES string of the molecule is O=C(N[C@H]1C[C@H]2CCN(C2)C1)c1ccc(-c2cccc(Cl)c2)o1. The molecule has 2 bridgehead atoms. The number of carbonyl (C=O) groups is 1. The minimum atomic E-state index is -0.134. The van der Waals surface area contributed by atoms with E-state index in [0.717, 1.165) is 31.0 Å². The van der Waals surface area contributed by atoms with Crippen LogP contribution >= 0.6 is 11.6 Å². The van der Waals surface area contributed by atoms with Gasteiger partial charge in [-0.25, -0.2) is 0 Å². The second kappa shape index (κ2) is 6.02. The number of fused-ring (bicyclic) bond motifs is 2. The van der Waals surface area contributed by atoms with Crippen LogP contribution in [0.2, 0.25) is 5.02 Å². The summed E-state index contributed by atoms with van der Waals surface area (Å²) in [6.07, 6.45) is 2.33. The van der Waals surface area contributed by atoms with Crippen molar-refractivity contribution in [2.45, 2.75) is 18.9 Å². The van der Waals surface area contributed by atoms with Crippen molar-refractivity contribution in [1.82, 2.24) is 10.2 Å². The van der Waals surface area contributed by atoms with Gasteiger partial charge in [0.25, 0.3) is 5.91 Å². The highest BCUT2D eigenvalue weighted by atomic mass is 35.5. The summed E-state index contributed by atoms with van der Waals surface area (Å²) in [6, 6.07) is 11.2. The van der Waals surface area contributed by atoms with Crippen LogP contribution in [0.5, 0.6) is 0 Å². The van der Waals surface area contributed by atoms with E-state index in [1.54, 1.807) is 6.07 Å². The first-order valence-corrected chi connectivity index (χ1v) is 8.44. The van der Waals surface area contributed by atoms with Crippen molar-refractivity contribution in [1.29, 1.82) is 0 Å². The minimum absolute atomic E-state index is 0.134. The molecule has 4 rings (SSSR count). The molecule has 0 radical (unpaired) electrons. The van der Waals surface area contributed by atoms with Gasteiger partial charge in [-0.05, 0) is 49.6 Å². The maximum absolute atomic E-state index is 12.4. The first-order chi connectivity index (χ1) is 11.2. The average Bonchev–Trinajstić information content (AvgIpc) is 3.14. The van der Waals surface area contributed by atoms with Crippen LogP contribution in [0.1, 0.15) is 23.4 Å². The Hall–Kier alpha value is -1.78. The molecule has 120 valence electrons. The summed E-state index contributed by atoms with van der Waals surface area (Å²) < 4.78 is 5.71. The molecule has 2 fully saturated rings. The average molecular weight is 331 g/mol. The van der Waals surface area contributed by atoms with Crippen LogP contribution in [0.25, 0.3) is 11.3 Å². The van der Waals surface area contributed by atoms with Crippen LogP contribution in [0, 0.1) is 5.92 Å². The standard InChI is InChI=1S/C18H19ClN2O2/c19-14-3-1-2-13(9-14)16-4-5-17(23-16)18(22)20-15-8-12-6-7-21(10-12)11-15/h1-5,9,12,15H,6-8,10-11H2,(H,20,22)/t12-,15+/m1/s1. The van der Waals surface area contributed by atoms with Crippen LogP contribution in [0.15, 0.2) is 40.8 Å². The van der Waals surface area contributed by atoms with E-state index in [2.05, 4.69) is 10.2 Å². The summed E-state index contributed by atoms with van der Waals surface area (Å²) in [5, 5.41) is 3.76. The lowest BCUT2D eigenvalue weighted by Gasteiger charge is -2.30. The zero-order valence-electron chi connectivity index (χ0n) is 12.8. The van der Waals surface area contributed by atoms with Crippen LogP contribution in [-0.4, -0.2) is 36.5 Å². The number of piperidine rings is 1. The normalized spacial score (nSPS) is 26.2. The number of hydrogen-bond donors (Lipinski definition) is 1. The quantitative estimate of drug-likeness (QED) is 0.938. The van der Waals surface area contributed by atoms with Gasteiger partial charge in [0, 0.05) is 29.7 Å². The van der Waals surface area contributed by atoms with Crippen molar-refractivity contribution in [3.63, 3.8) is 0 Å². The summed E-state index contributed by atoms with van der Waals surface area (Å²) in [5.74, 6) is 1.61. The van der Waals surface area contributed by atoms with Crippen LogP contribution in [0.3, 0.4) is 0 Å². The lowest BCUT2D eigenvalue weighted by atomic mass is 9.97. The fraction of sp³-hybridized carbons (Fsp3) is 0.389. The minimum Gasteiger partial charge on any atom is -0.451 e. The number of benzene rings is 1. The molecule has 2 aromatic rings. The third-order valence-electron chi connectivity index (χ3n) is 4.74. The first-order valence-electron chi connectivity index (χ1n) is 8.06. The molecule has 1 amide bonds. The van der Waals surface area contributed by atoms with E-state index >= 15 is 0 Å². The van der Waals surface area contributed by atoms with Crippen LogP contribution in [-0.2, 0) is 0 Å². The number of nitrogens with one attached hydrogen (secondary N) is 1. The Bertz CT molecular complexity index is 715. The molecule has 3 atom stereocenters. The van der Waals surface area contributed by atoms with E-state index in [9.17, 15) is 4.79 Å². The number of rotatable bonds is 3. The Balaban J connectivity index is 1.45. The lowest BCUT2D eigenvalue weighted by Crippen LogP contribution is -2.46. The van der Waals surface area contributed by atoms with Gasteiger partial charge in [-0.2, -0.15) is 0 Å². The fourth-order valence-electron chi connectivity index (χ4n) is 3.68. The second-order valence-electron chi connectivity index (χ2n) is 6.49. The van der Waals surface area contributed by atoms with Gasteiger partial charge in [-0.1, -0.05) is 23.7 Å². The number of nitrogens with zero attached hydrogens (tertiary/aromatic N) is 1. The Morgan fingerprint density at radius 1 is 1.26 bits per heavy atom. The molecule has 1 aromatic carbocycles.